The van der Waals surface area contributed by atoms with E-state index in [1.807, 2.05) is 0 Å². The van der Waals surface area contributed by atoms with Crippen molar-refractivity contribution >= 4 is 27.7 Å². The summed E-state index contributed by atoms with van der Waals surface area (Å²) >= 11 is 3.36. The number of nitriles is 1. The number of piperazine rings is 1. The van der Waals surface area contributed by atoms with Crippen LogP contribution in [0, 0.1) is 11.3 Å². The predicted octanol–water partition coefficient (Wildman–Crippen LogP) is 1.84. The number of pyridine rings is 1. The molecule has 0 bridgehead atoms. The summed E-state index contributed by atoms with van der Waals surface area (Å²) in [7, 11) is 1.58. The van der Waals surface area contributed by atoms with Gasteiger partial charge in [0, 0.05) is 32.4 Å². The Morgan fingerprint density at radius 2 is 1.96 bits per heavy atom. The predicted molar refractivity (Wildman–Crippen MR) is 89.7 cm³/mol. The molecule has 0 atom stereocenters. The minimum absolute atomic E-state index is 0.522. The van der Waals surface area contributed by atoms with Crippen molar-refractivity contribution in [3.05, 3.63) is 34.6 Å². The third kappa shape index (κ3) is 3.19. The fourth-order valence-corrected chi connectivity index (χ4v) is 2.85. The first-order valence-corrected chi connectivity index (χ1v) is 7.93. The molecule has 3 heterocycles. The molecule has 0 N–H and O–H groups in total. The van der Waals surface area contributed by atoms with Crippen LogP contribution in [-0.2, 0) is 0 Å². The lowest BCUT2D eigenvalue weighted by atomic mass is 10.2. The summed E-state index contributed by atoms with van der Waals surface area (Å²) in [6, 6.07) is 5.76. The number of hydrogen-bond donors (Lipinski definition) is 0. The summed E-state index contributed by atoms with van der Waals surface area (Å²) in [6.45, 7) is 3.03. The molecule has 1 aliphatic rings. The van der Waals surface area contributed by atoms with E-state index in [-0.39, 0.29) is 0 Å². The van der Waals surface area contributed by atoms with E-state index in [0.717, 1.165) is 36.5 Å². The van der Waals surface area contributed by atoms with Crippen molar-refractivity contribution in [2.24, 2.45) is 0 Å². The molecule has 2 aromatic rings. The van der Waals surface area contributed by atoms with Gasteiger partial charge < -0.3 is 14.5 Å². The number of nitrogens with zero attached hydrogens (tertiary/aromatic N) is 6. The maximum absolute atomic E-state index is 9.20. The Hall–Kier alpha value is -2.40. The number of ether oxygens (including phenoxy) is 1. The summed E-state index contributed by atoms with van der Waals surface area (Å²) in [6.07, 6.45) is 3.41. The van der Waals surface area contributed by atoms with Crippen LogP contribution in [0.15, 0.2) is 29.0 Å². The Balaban J connectivity index is 1.73. The van der Waals surface area contributed by atoms with Crippen molar-refractivity contribution in [2.45, 2.75) is 0 Å². The van der Waals surface area contributed by atoms with Crippen LogP contribution in [-0.4, -0.2) is 48.2 Å². The molecule has 0 saturated carbocycles. The summed E-state index contributed by atoms with van der Waals surface area (Å²) in [5, 5.41) is 9.20. The van der Waals surface area contributed by atoms with E-state index in [4.69, 9.17) is 4.74 Å². The second-order valence-corrected chi connectivity index (χ2v) is 5.84. The van der Waals surface area contributed by atoms with Gasteiger partial charge in [-0.2, -0.15) is 10.2 Å². The van der Waals surface area contributed by atoms with Crippen LogP contribution in [0.3, 0.4) is 0 Å². The first-order chi connectivity index (χ1) is 11.2. The maximum Gasteiger partial charge on any atom is 0.232 e. The second kappa shape index (κ2) is 6.79. The standard InChI is InChI=1S/C15H15BrN6O/c1-23-14-12(16)10-19-15(20-14)22-7-5-21(6-8-22)13-11(9-17)3-2-4-18-13/h2-4,10H,5-8H2,1H3. The molecular weight excluding hydrogens is 360 g/mol. The van der Waals surface area contributed by atoms with Crippen LogP contribution in [0.2, 0.25) is 0 Å². The van der Waals surface area contributed by atoms with Crippen LogP contribution in [0.5, 0.6) is 5.88 Å². The topological polar surface area (TPSA) is 78.2 Å². The van der Waals surface area contributed by atoms with E-state index in [1.54, 1.807) is 31.6 Å². The lowest BCUT2D eigenvalue weighted by molar-refractivity contribution is 0.393. The second-order valence-electron chi connectivity index (χ2n) is 4.99. The van der Waals surface area contributed by atoms with Crippen LogP contribution in [0.1, 0.15) is 5.56 Å². The molecule has 0 spiro atoms. The molecule has 1 aliphatic heterocycles. The van der Waals surface area contributed by atoms with Gasteiger partial charge >= 0.3 is 0 Å². The van der Waals surface area contributed by atoms with Crippen molar-refractivity contribution in [3.8, 4) is 11.9 Å². The van der Waals surface area contributed by atoms with E-state index < -0.39 is 0 Å². The number of anilines is 2. The highest BCUT2D eigenvalue weighted by Crippen LogP contribution is 2.25. The fourth-order valence-electron chi connectivity index (χ4n) is 2.49. The number of methoxy groups -OCH3 is 1. The van der Waals surface area contributed by atoms with Gasteiger partial charge in [0.15, 0.2) is 0 Å². The summed E-state index contributed by atoms with van der Waals surface area (Å²) < 4.78 is 5.95. The third-order valence-corrected chi connectivity index (χ3v) is 4.21. The molecule has 0 radical (unpaired) electrons. The SMILES string of the molecule is COc1nc(N2CCN(c3ncccc3C#N)CC2)ncc1Br. The molecule has 3 rings (SSSR count). The van der Waals surface area contributed by atoms with Gasteiger partial charge in [0.25, 0.3) is 0 Å². The number of hydrogen-bond acceptors (Lipinski definition) is 7. The Kier molecular flexibility index (Phi) is 4.57. The highest BCUT2D eigenvalue weighted by molar-refractivity contribution is 9.10. The summed E-state index contributed by atoms with van der Waals surface area (Å²) in [5.74, 6) is 1.91. The van der Waals surface area contributed by atoms with Gasteiger partial charge in [0.05, 0.1) is 23.3 Å². The molecule has 0 unspecified atom stereocenters. The zero-order valence-electron chi connectivity index (χ0n) is 12.6. The molecular formula is C15H15BrN6O. The largest absolute Gasteiger partial charge is 0.480 e. The number of halogens is 1. The van der Waals surface area contributed by atoms with Gasteiger partial charge in [0.1, 0.15) is 11.9 Å². The Bertz CT molecular complexity index is 739. The van der Waals surface area contributed by atoms with E-state index >= 15 is 0 Å². The van der Waals surface area contributed by atoms with Gasteiger partial charge in [-0.3, -0.25) is 0 Å². The van der Waals surface area contributed by atoms with Crippen LogP contribution >= 0.6 is 15.9 Å². The molecule has 0 amide bonds. The zero-order valence-corrected chi connectivity index (χ0v) is 14.2. The van der Waals surface area contributed by atoms with Crippen molar-refractivity contribution in [3.63, 3.8) is 0 Å². The molecule has 118 valence electrons. The molecule has 1 fully saturated rings. The first kappa shape index (κ1) is 15.5. The molecule has 23 heavy (non-hydrogen) atoms. The minimum Gasteiger partial charge on any atom is -0.480 e. The Morgan fingerprint density at radius 1 is 1.22 bits per heavy atom. The van der Waals surface area contributed by atoms with Crippen molar-refractivity contribution in [2.75, 3.05) is 43.1 Å². The highest BCUT2D eigenvalue weighted by Gasteiger charge is 2.22. The lowest BCUT2D eigenvalue weighted by Crippen LogP contribution is -2.47. The summed E-state index contributed by atoms with van der Waals surface area (Å²) in [4.78, 5) is 17.3. The normalized spacial score (nSPS) is 14.5. The van der Waals surface area contributed by atoms with Gasteiger partial charge in [-0.15, -0.1) is 0 Å². The quantitative estimate of drug-likeness (QED) is 0.810. The van der Waals surface area contributed by atoms with E-state index in [1.165, 1.54) is 0 Å². The van der Waals surface area contributed by atoms with Crippen LogP contribution in [0.25, 0.3) is 0 Å². The van der Waals surface area contributed by atoms with E-state index in [0.29, 0.717) is 17.4 Å². The minimum atomic E-state index is 0.522. The molecule has 0 aromatic carbocycles. The average Bonchev–Trinajstić information content (AvgIpc) is 2.62. The fraction of sp³-hybridized carbons (Fsp3) is 0.333. The smallest absolute Gasteiger partial charge is 0.232 e. The van der Waals surface area contributed by atoms with Gasteiger partial charge in [-0.25, -0.2) is 9.97 Å². The van der Waals surface area contributed by atoms with Crippen LogP contribution < -0.4 is 14.5 Å². The van der Waals surface area contributed by atoms with Crippen LogP contribution in [0.4, 0.5) is 11.8 Å². The van der Waals surface area contributed by atoms with Gasteiger partial charge in [0.2, 0.25) is 11.8 Å². The van der Waals surface area contributed by atoms with Gasteiger partial charge in [-0.05, 0) is 28.1 Å². The lowest BCUT2D eigenvalue weighted by Gasteiger charge is -2.35. The Labute approximate surface area is 142 Å². The van der Waals surface area contributed by atoms with Crippen molar-refractivity contribution in [1.82, 2.24) is 15.0 Å². The monoisotopic (exact) mass is 374 g/mol. The zero-order chi connectivity index (χ0) is 16.2. The van der Waals surface area contributed by atoms with Crippen molar-refractivity contribution < 1.29 is 4.74 Å². The first-order valence-electron chi connectivity index (χ1n) is 7.14. The van der Waals surface area contributed by atoms with Crippen molar-refractivity contribution in [1.29, 1.82) is 5.26 Å². The Morgan fingerprint density at radius 3 is 2.65 bits per heavy atom. The molecule has 8 heteroatoms. The number of rotatable bonds is 3. The molecule has 0 aliphatic carbocycles. The van der Waals surface area contributed by atoms with Gasteiger partial charge in [-0.1, -0.05) is 0 Å². The third-order valence-electron chi connectivity index (χ3n) is 3.66. The highest BCUT2D eigenvalue weighted by atomic mass is 79.9. The maximum atomic E-state index is 9.20. The molecule has 1 saturated heterocycles. The summed E-state index contributed by atoms with van der Waals surface area (Å²) in [5.41, 5.74) is 0.600. The average molecular weight is 375 g/mol. The van der Waals surface area contributed by atoms with E-state index in [2.05, 4.69) is 46.8 Å². The number of aromatic nitrogens is 3. The molecule has 7 nitrogen and oxygen atoms in total. The van der Waals surface area contributed by atoms with E-state index in [9.17, 15) is 5.26 Å². The molecule has 2 aromatic heterocycles.